The fraction of sp³-hybridized carbons (Fsp3) is 0.826. The number of nitrogens with zero attached hydrogens (tertiary/aromatic N) is 1. The molecule has 150 valence electrons. The number of rotatable bonds is 2. The van der Waals surface area contributed by atoms with Crippen molar-refractivity contribution in [1.29, 1.82) is 0 Å². The van der Waals surface area contributed by atoms with Crippen LogP contribution >= 0.6 is 0 Å². The van der Waals surface area contributed by atoms with E-state index in [0.29, 0.717) is 17.3 Å². The number of allylic oxidation sites excluding steroid dienone is 2. The van der Waals surface area contributed by atoms with Crippen LogP contribution < -0.4 is 0 Å². The van der Waals surface area contributed by atoms with Crippen LogP contribution in [0.5, 0.6) is 0 Å². The van der Waals surface area contributed by atoms with E-state index in [2.05, 4.69) is 25.1 Å². The van der Waals surface area contributed by atoms with Gasteiger partial charge < -0.3 is 9.94 Å². The van der Waals surface area contributed by atoms with Crippen molar-refractivity contribution in [3.8, 4) is 0 Å². The van der Waals surface area contributed by atoms with Crippen LogP contribution in [0.15, 0.2) is 16.8 Å². The Bertz CT molecular complexity index is 683. The quantitative estimate of drug-likeness (QED) is 0.307. The SMILES string of the molecule is CC(=O)O[C@@H]1CC[C@@]2(C)[C@@H](CC[C@@H]3[C@H]2CC[C@]2(C)C(/C(C)=N\O)=CC[C@@H]32)C1. The van der Waals surface area contributed by atoms with Gasteiger partial charge in [0.1, 0.15) is 6.10 Å². The summed E-state index contributed by atoms with van der Waals surface area (Å²) in [6, 6.07) is 0. The van der Waals surface area contributed by atoms with Crippen molar-refractivity contribution < 1.29 is 14.7 Å². The van der Waals surface area contributed by atoms with Crippen LogP contribution in [0.4, 0.5) is 0 Å². The number of esters is 1. The Kier molecular flexibility index (Phi) is 4.67. The summed E-state index contributed by atoms with van der Waals surface area (Å²) in [5, 5.41) is 12.9. The van der Waals surface area contributed by atoms with E-state index in [4.69, 9.17) is 4.74 Å². The summed E-state index contributed by atoms with van der Waals surface area (Å²) in [6.45, 7) is 8.42. The first-order valence-electron chi connectivity index (χ1n) is 10.9. The van der Waals surface area contributed by atoms with Crippen molar-refractivity contribution in [3.05, 3.63) is 11.6 Å². The third-order valence-corrected chi connectivity index (χ3v) is 9.07. The van der Waals surface area contributed by atoms with Gasteiger partial charge in [-0.2, -0.15) is 0 Å². The average molecular weight is 374 g/mol. The highest BCUT2D eigenvalue weighted by Crippen LogP contribution is 2.66. The van der Waals surface area contributed by atoms with Crippen molar-refractivity contribution >= 4 is 11.7 Å². The molecule has 0 saturated heterocycles. The number of fused-ring (bicyclic) bond motifs is 5. The van der Waals surface area contributed by atoms with Gasteiger partial charge in [-0.3, -0.25) is 4.79 Å². The Balaban J connectivity index is 1.54. The molecule has 0 amide bonds. The lowest BCUT2D eigenvalue weighted by Crippen LogP contribution is -2.54. The van der Waals surface area contributed by atoms with Gasteiger partial charge in [-0.25, -0.2) is 0 Å². The van der Waals surface area contributed by atoms with Gasteiger partial charge in [0.15, 0.2) is 0 Å². The molecule has 0 spiro atoms. The zero-order valence-electron chi connectivity index (χ0n) is 17.3. The zero-order chi connectivity index (χ0) is 19.4. The molecule has 3 saturated carbocycles. The molecule has 0 aromatic carbocycles. The Morgan fingerprint density at radius 2 is 1.93 bits per heavy atom. The minimum absolute atomic E-state index is 0.129. The lowest BCUT2D eigenvalue weighted by Gasteiger charge is -2.60. The van der Waals surface area contributed by atoms with Crippen LogP contribution in [0.1, 0.15) is 79.1 Å². The summed E-state index contributed by atoms with van der Waals surface area (Å²) in [7, 11) is 0. The molecule has 0 unspecified atom stereocenters. The largest absolute Gasteiger partial charge is 0.463 e. The van der Waals surface area contributed by atoms with Gasteiger partial charge in [-0.15, -0.1) is 0 Å². The molecule has 3 fully saturated rings. The molecule has 4 rings (SSSR count). The standard InChI is InChI=1S/C23H35NO3/c1-14(24-26)19-7-8-20-18-6-5-16-13-17(27-15(2)25)9-11-22(16,3)21(18)10-12-23(19,20)4/h7,16-18,20-21,26H,5-6,8-13H2,1-4H3/b24-14-/t16-,17+,18-,20-,21+,22-,23+/m0/s1. The molecule has 0 bridgehead atoms. The fourth-order valence-electron chi connectivity index (χ4n) is 7.74. The van der Waals surface area contributed by atoms with Crippen LogP contribution in [0, 0.1) is 34.5 Å². The molecular formula is C23H35NO3. The summed E-state index contributed by atoms with van der Waals surface area (Å²) in [6.07, 6.45) is 11.9. The molecule has 1 N–H and O–H groups in total. The van der Waals surface area contributed by atoms with Crippen molar-refractivity contribution in [2.75, 3.05) is 0 Å². The molecule has 4 aliphatic rings. The molecule has 7 atom stereocenters. The fourth-order valence-corrected chi connectivity index (χ4v) is 7.74. The Morgan fingerprint density at radius 3 is 2.63 bits per heavy atom. The van der Waals surface area contributed by atoms with Gasteiger partial charge in [-0.1, -0.05) is 25.1 Å². The lowest BCUT2D eigenvalue weighted by atomic mass is 9.44. The van der Waals surface area contributed by atoms with Crippen molar-refractivity contribution in [3.63, 3.8) is 0 Å². The maximum absolute atomic E-state index is 11.4. The van der Waals surface area contributed by atoms with Crippen LogP contribution in [0.3, 0.4) is 0 Å². The first-order valence-corrected chi connectivity index (χ1v) is 10.9. The molecule has 4 nitrogen and oxygen atoms in total. The summed E-state index contributed by atoms with van der Waals surface area (Å²) in [5.74, 6) is 2.81. The van der Waals surface area contributed by atoms with E-state index in [1.54, 1.807) is 0 Å². The lowest BCUT2D eigenvalue weighted by molar-refractivity contribution is -0.158. The summed E-state index contributed by atoms with van der Waals surface area (Å²) < 4.78 is 5.58. The smallest absolute Gasteiger partial charge is 0.302 e. The van der Waals surface area contributed by atoms with Crippen LogP contribution in [-0.4, -0.2) is 23.0 Å². The predicted molar refractivity (Wildman–Crippen MR) is 106 cm³/mol. The van der Waals surface area contributed by atoms with Crippen LogP contribution in [0.2, 0.25) is 0 Å². The van der Waals surface area contributed by atoms with Crippen LogP contribution in [0.25, 0.3) is 0 Å². The molecule has 0 aromatic rings. The van der Waals surface area contributed by atoms with Gasteiger partial charge >= 0.3 is 5.97 Å². The molecular weight excluding hydrogens is 338 g/mol. The summed E-state index contributed by atoms with van der Waals surface area (Å²) >= 11 is 0. The number of hydrogen-bond donors (Lipinski definition) is 1. The summed E-state index contributed by atoms with van der Waals surface area (Å²) in [4.78, 5) is 11.4. The Hall–Kier alpha value is -1.32. The van der Waals surface area contributed by atoms with Gasteiger partial charge in [0.05, 0.1) is 5.71 Å². The van der Waals surface area contributed by atoms with Crippen molar-refractivity contribution in [2.45, 2.75) is 85.2 Å². The average Bonchev–Trinajstić information content (AvgIpc) is 2.98. The second-order valence-electron chi connectivity index (χ2n) is 10.2. The Morgan fingerprint density at radius 1 is 1.15 bits per heavy atom. The summed E-state index contributed by atoms with van der Waals surface area (Å²) in [5.41, 5.74) is 2.67. The van der Waals surface area contributed by atoms with Crippen molar-refractivity contribution in [1.82, 2.24) is 0 Å². The maximum Gasteiger partial charge on any atom is 0.302 e. The van der Waals surface area contributed by atoms with E-state index in [9.17, 15) is 10.0 Å². The van der Waals surface area contributed by atoms with Gasteiger partial charge in [0.25, 0.3) is 0 Å². The highest BCUT2D eigenvalue weighted by molar-refractivity contribution is 5.99. The Labute approximate surface area is 163 Å². The number of ether oxygens (including phenoxy) is 1. The van der Waals surface area contributed by atoms with E-state index in [0.717, 1.165) is 36.8 Å². The van der Waals surface area contributed by atoms with Gasteiger partial charge in [0, 0.05) is 6.92 Å². The third kappa shape index (κ3) is 2.86. The highest BCUT2D eigenvalue weighted by atomic mass is 16.5. The van der Waals surface area contributed by atoms with E-state index in [1.807, 2.05) is 6.92 Å². The maximum atomic E-state index is 11.4. The minimum atomic E-state index is -0.129. The minimum Gasteiger partial charge on any atom is -0.463 e. The van der Waals surface area contributed by atoms with E-state index < -0.39 is 0 Å². The molecule has 27 heavy (non-hydrogen) atoms. The number of oxime groups is 1. The molecule has 4 heteroatoms. The molecule has 4 aliphatic carbocycles. The highest BCUT2D eigenvalue weighted by Gasteiger charge is 2.59. The van der Waals surface area contributed by atoms with Crippen molar-refractivity contribution in [2.24, 2.45) is 39.7 Å². The topological polar surface area (TPSA) is 58.9 Å². The number of carbonyl (C=O) groups excluding carboxylic acids is 1. The van der Waals surface area contributed by atoms with E-state index in [1.165, 1.54) is 44.6 Å². The second-order valence-corrected chi connectivity index (χ2v) is 10.2. The predicted octanol–water partition coefficient (Wildman–Crippen LogP) is 5.35. The monoisotopic (exact) mass is 373 g/mol. The first-order chi connectivity index (χ1) is 12.8. The van der Waals surface area contributed by atoms with E-state index in [-0.39, 0.29) is 17.5 Å². The number of hydrogen-bond acceptors (Lipinski definition) is 4. The van der Waals surface area contributed by atoms with E-state index >= 15 is 0 Å². The van der Waals surface area contributed by atoms with Gasteiger partial charge in [-0.05, 0) is 98.4 Å². The third-order valence-electron chi connectivity index (χ3n) is 9.07. The zero-order valence-corrected chi connectivity index (χ0v) is 17.3. The second kappa shape index (κ2) is 6.63. The van der Waals surface area contributed by atoms with Gasteiger partial charge in [0.2, 0.25) is 0 Å². The normalized spacial score (nSPS) is 46.7. The number of carbonyl (C=O) groups is 1. The molecule has 0 radical (unpaired) electrons. The van der Waals surface area contributed by atoms with Crippen LogP contribution in [-0.2, 0) is 9.53 Å². The molecule has 0 heterocycles. The molecule has 0 aliphatic heterocycles. The molecule has 0 aromatic heterocycles. The first kappa shape index (κ1) is 19.0.